The number of rotatable bonds is 8. The average Bonchev–Trinajstić information content (AvgIpc) is 3.31. The van der Waals surface area contributed by atoms with Crippen LogP contribution < -0.4 is 0 Å². The van der Waals surface area contributed by atoms with Gasteiger partial charge in [0.25, 0.3) is 0 Å². The van der Waals surface area contributed by atoms with E-state index >= 15 is 0 Å². The summed E-state index contributed by atoms with van der Waals surface area (Å²) in [5.74, 6) is -1.27. The van der Waals surface area contributed by atoms with Crippen LogP contribution in [0.4, 0.5) is 4.39 Å². The van der Waals surface area contributed by atoms with Crippen molar-refractivity contribution in [2.75, 3.05) is 6.61 Å². The van der Waals surface area contributed by atoms with Gasteiger partial charge in [0.05, 0.1) is 0 Å². The van der Waals surface area contributed by atoms with Gasteiger partial charge in [-0.1, -0.05) is 18.2 Å². The lowest BCUT2D eigenvalue weighted by Gasteiger charge is -2.09. The highest BCUT2D eigenvalue weighted by atomic mass is 32.1. The van der Waals surface area contributed by atoms with Crippen molar-refractivity contribution in [2.45, 2.75) is 26.8 Å². The highest BCUT2D eigenvalue weighted by molar-refractivity contribution is 7.09. The van der Waals surface area contributed by atoms with Gasteiger partial charge < -0.3 is 9.30 Å². The number of carbonyl (C=O) groups is 2. The minimum Gasteiger partial charge on any atom is -0.454 e. The molecular formula is C23H22FNO3S. The number of esters is 1. The van der Waals surface area contributed by atoms with Crippen LogP contribution in [0, 0.1) is 19.7 Å². The van der Waals surface area contributed by atoms with Crippen LogP contribution in [-0.4, -0.2) is 22.9 Å². The molecule has 3 aromatic rings. The van der Waals surface area contributed by atoms with Gasteiger partial charge in [-0.25, -0.2) is 9.18 Å². The lowest BCUT2D eigenvalue weighted by molar-refractivity contribution is -0.136. The minimum absolute atomic E-state index is 0.243. The number of aryl methyl sites for hydroxylation is 2. The maximum Gasteiger partial charge on any atom is 0.331 e. The fraction of sp³-hybridized carbons (Fsp3) is 0.217. The van der Waals surface area contributed by atoms with Crippen molar-refractivity contribution in [2.24, 2.45) is 0 Å². The van der Waals surface area contributed by atoms with Crippen molar-refractivity contribution >= 4 is 29.2 Å². The van der Waals surface area contributed by atoms with Crippen LogP contribution in [0.1, 0.15) is 32.2 Å². The molecule has 0 amide bonds. The Kier molecular flexibility index (Phi) is 6.77. The summed E-state index contributed by atoms with van der Waals surface area (Å²) >= 11 is 1.72. The Morgan fingerprint density at radius 3 is 2.72 bits per heavy atom. The van der Waals surface area contributed by atoms with E-state index in [0.717, 1.165) is 24.4 Å². The number of ether oxygens (including phenoxy) is 1. The molecule has 0 aliphatic rings. The molecule has 1 aromatic carbocycles. The molecule has 150 valence electrons. The Hall–Kier alpha value is -2.99. The van der Waals surface area contributed by atoms with Gasteiger partial charge in [-0.05, 0) is 61.6 Å². The van der Waals surface area contributed by atoms with E-state index in [9.17, 15) is 14.0 Å². The Bertz CT molecular complexity index is 1030. The van der Waals surface area contributed by atoms with E-state index in [1.54, 1.807) is 23.5 Å². The van der Waals surface area contributed by atoms with E-state index < -0.39 is 5.97 Å². The highest BCUT2D eigenvalue weighted by Gasteiger charge is 2.17. The molecule has 29 heavy (non-hydrogen) atoms. The van der Waals surface area contributed by atoms with Gasteiger partial charge >= 0.3 is 5.97 Å². The number of thiophene rings is 1. The second-order valence-electron chi connectivity index (χ2n) is 6.69. The van der Waals surface area contributed by atoms with Gasteiger partial charge in [-0.3, -0.25) is 4.79 Å². The van der Waals surface area contributed by atoms with E-state index in [4.69, 9.17) is 4.74 Å². The second kappa shape index (κ2) is 9.47. The topological polar surface area (TPSA) is 48.3 Å². The summed E-state index contributed by atoms with van der Waals surface area (Å²) in [5, 5.41) is 2.05. The number of hydrogen-bond donors (Lipinski definition) is 0. The van der Waals surface area contributed by atoms with Crippen LogP contribution in [0.2, 0.25) is 0 Å². The Labute approximate surface area is 173 Å². The number of nitrogens with zero attached hydrogens (tertiary/aromatic N) is 1. The van der Waals surface area contributed by atoms with Crippen LogP contribution in [-0.2, 0) is 22.5 Å². The van der Waals surface area contributed by atoms with E-state index in [2.05, 4.69) is 16.0 Å². The molecule has 0 N–H and O–H groups in total. The zero-order valence-corrected chi connectivity index (χ0v) is 17.2. The van der Waals surface area contributed by atoms with Crippen LogP contribution in [0.15, 0.2) is 53.9 Å². The first kappa shape index (κ1) is 20.7. The van der Waals surface area contributed by atoms with Crippen LogP contribution in [0.25, 0.3) is 6.08 Å². The second-order valence-corrected chi connectivity index (χ2v) is 7.72. The molecule has 0 aliphatic carbocycles. The fourth-order valence-electron chi connectivity index (χ4n) is 3.14. The van der Waals surface area contributed by atoms with Crippen molar-refractivity contribution in [3.8, 4) is 0 Å². The van der Waals surface area contributed by atoms with E-state index in [1.165, 1.54) is 29.2 Å². The molecule has 0 aliphatic heterocycles. The van der Waals surface area contributed by atoms with Gasteiger partial charge in [-0.2, -0.15) is 0 Å². The summed E-state index contributed by atoms with van der Waals surface area (Å²) in [6, 6.07) is 11.8. The smallest absolute Gasteiger partial charge is 0.331 e. The summed E-state index contributed by atoms with van der Waals surface area (Å²) < 4.78 is 20.3. The monoisotopic (exact) mass is 411 g/mol. The molecule has 0 fully saturated rings. The van der Waals surface area contributed by atoms with E-state index in [0.29, 0.717) is 11.1 Å². The molecular weight excluding hydrogens is 389 g/mol. The Morgan fingerprint density at radius 1 is 1.17 bits per heavy atom. The summed E-state index contributed by atoms with van der Waals surface area (Å²) in [6.07, 6.45) is 3.54. The molecule has 6 heteroatoms. The number of halogens is 1. The summed E-state index contributed by atoms with van der Waals surface area (Å²) in [5.41, 5.74) is 2.98. The lowest BCUT2D eigenvalue weighted by atomic mass is 10.1. The third-order valence-corrected chi connectivity index (χ3v) is 5.58. The number of ketones is 1. The average molecular weight is 411 g/mol. The molecule has 0 unspecified atom stereocenters. The standard InChI is InChI=1S/C23H22FNO3S/c1-16-13-21(17(2)25(16)11-10-20-7-4-12-29-20)22(26)15-28-23(27)9-8-18-5-3-6-19(24)14-18/h3-9,12-14H,10-11,15H2,1-2H3/b9-8+. The Balaban J connectivity index is 1.57. The quantitative estimate of drug-likeness (QED) is 0.298. The molecule has 2 heterocycles. The van der Waals surface area contributed by atoms with Crippen LogP contribution in [0.5, 0.6) is 0 Å². The molecule has 0 atom stereocenters. The maximum atomic E-state index is 13.1. The Morgan fingerprint density at radius 2 is 2.00 bits per heavy atom. The molecule has 0 saturated heterocycles. The molecule has 0 saturated carbocycles. The first-order valence-electron chi connectivity index (χ1n) is 9.27. The van der Waals surface area contributed by atoms with Crippen LogP contribution >= 0.6 is 11.3 Å². The largest absolute Gasteiger partial charge is 0.454 e. The zero-order chi connectivity index (χ0) is 20.8. The SMILES string of the molecule is Cc1cc(C(=O)COC(=O)/C=C/c2cccc(F)c2)c(C)n1CCc1cccs1. The molecule has 0 bridgehead atoms. The number of carbonyl (C=O) groups excluding carboxylic acids is 2. The normalized spacial score (nSPS) is 11.1. The molecule has 3 rings (SSSR count). The van der Waals surface area contributed by atoms with Crippen molar-refractivity contribution in [3.05, 3.63) is 87.1 Å². The number of aromatic nitrogens is 1. The summed E-state index contributed by atoms with van der Waals surface area (Å²) in [4.78, 5) is 25.7. The van der Waals surface area contributed by atoms with Gasteiger partial charge in [-0.15, -0.1) is 11.3 Å². The minimum atomic E-state index is -0.644. The predicted octanol–water partition coefficient (Wildman–Crippen LogP) is 4.99. The summed E-state index contributed by atoms with van der Waals surface area (Å²) in [6.45, 7) is 4.33. The predicted molar refractivity (Wildman–Crippen MR) is 113 cm³/mol. The third-order valence-electron chi connectivity index (χ3n) is 4.64. The molecule has 0 spiro atoms. The maximum absolute atomic E-state index is 13.1. The first-order chi connectivity index (χ1) is 13.9. The number of Topliss-reactive ketones (excluding diaryl/α,β-unsaturated/α-hetero) is 1. The van der Waals surface area contributed by atoms with Crippen LogP contribution in [0.3, 0.4) is 0 Å². The molecule has 4 nitrogen and oxygen atoms in total. The third kappa shape index (κ3) is 5.51. The van der Waals surface area contributed by atoms with Crippen molar-refractivity contribution in [3.63, 3.8) is 0 Å². The van der Waals surface area contributed by atoms with E-state index in [1.807, 2.05) is 26.0 Å². The number of hydrogen-bond acceptors (Lipinski definition) is 4. The van der Waals surface area contributed by atoms with Crippen molar-refractivity contribution < 1.29 is 18.7 Å². The van der Waals surface area contributed by atoms with Gasteiger partial charge in [0.1, 0.15) is 5.82 Å². The highest BCUT2D eigenvalue weighted by Crippen LogP contribution is 2.18. The fourth-order valence-corrected chi connectivity index (χ4v) is 3.84. The molecule has 2 aromatic heterocycles. The number of benzene rings is 1. The van der Waals surface area contributed by atoms with Gasteiger partial charge in [0.2, 0.25) is 5.78 Å². The molecule has 0 radical (unpaired) electrons. The lowest BCUT2D eigenvalue weighted by Crippen LogP contribution is -2.14. The van der Waals surface area contributed by atoms with Gasteiger partial charge in [0.15, 0.2) is 6.61 Å². The summed E-state index contributed by atoms with van der Waals surface area (Å²) in [7, 11) is 0. The first-order valence-corrected chi connectivity index (χ1v) is 10.1. The zero-order valence-electron chi connectivity index (χ0n) is 16.4. The van der Waals surface area contributed by atoms with Crippen molar-refractivity contribution in [1.82, 2.24) is 4.57 Å². The van der Waals surface area contributed by atoms with Gasteiger partial charge in [0, 0.05) is 34.4 Å². The van der Waals surface area contributed by atoms with Crippen molar-refractivity contribution in [1.29, 1.82) is 0 Å². The van der Waals surface area contributed by atoms with E-state index in [-0.39, 0.29) is 18.2 Å².